The van der Waals surface area contributed by atoms with Crippen molar-refractivity contribution >= 4 is 56.0 Å². The number of halogens is 1. The Bertz CT molecular complexity index is 1190. The Morgan fingerprint density at radius 2 is 1.97 bits per heavy atom. The van der Waals surface area contributed by atoms with Gasteiger partial charge >= 0.3 is 0 Å². The minimum Gasteiger partial charge on any atom is -0.279 e. The number of pyridine rings is 1. The predicted octanol–water partition coefficient (Wildman–Crippen LogP) is 6.61. The van der Waals surface area contributed by atoms with Gasteiger partial charge in [0.05, 0.1) is 16.8 Å². The van der Waals surface area contributed by atoms with Gasteiger partial charge in [-0.15, -0.1) is 11.8 Å². The van der Waals surface area contributed by atoms with E-state index >= 15 is 0 Å². The summed E-state index contributed by atoms with van der Waals surface area (Å²) in [6.07, 6.45) is 3.47. The van der Waals surface area contributed by atoms with Gasteiger partial charge in [0, 0.05) is 27.9 Å². The summed E-state index contributed by atoms with van der Waals surface area (Å²) < 4.78 is 0.970. The molecule has 2 aromatic carbocycles. The molecule has 4 nitrogen and oxygen atoms in total. The van der Waals surface area contributed by atoms with Crippen LogP contribution in [0.15, 0.2) is 65.8 Å². The van der Waals surface area contributed by atoms with E-state index in [2.05, 4.69) is 11.9 Å². The number of nitrogens with zero attached hydrogens (tertiary/aromatic N) is 3. The molecule has 0 N–H and O–H groups in total. The minimum atomic E-state index is -0.0758. The second-order valence-electron chi connectivity index (χ2n) is 6.77. The van der Waals surface area contributed by atoms with E-state index in [0.29, 0.717) is 22.3 Å². The standard InChI is InChI=1S/C23H20ClN3OS2/c1-3-29-19-6-4-5-17(12-19)22(28)27(14-16-7-9-25-10-8-16)23-26-21-15(2)11-18(24)13-20(21)30-23/h4-13H,3,14H2,1-2H3. The van der Waals surface area contributed by atoms with Gasteiger partial charge < -0.3 is 0 Å². The molecule has 4 rings (SSSR count). The first kappa shape index (κ1) is 20.8. The molecule has 0 saturated carbocycles. The first-order valence-electron chi connectivity index (χ1n) is 9.55. The largest absolute Gasteiger partial charge is 0.279 e. The van der Waals surface area contributed by atoms with Crippen LogP contribution < -0.4 is 4.90 Å². The number of thiazole rings is 1. The Kier molecular flexibility index (Phi) is 6.37. The highest BCUT2D eigenvalue weighted by Crippen LogP contribution is 2.34. The summed E-state index contributed by atoms with van der Waals surface area (Å²) in [5.74, 6) is 0.879. The number of carbonyl (C=O) groups is 1. The monoisotopic (exact) mass is 453 g/mol. The lowest BCUT2D eigenvalue weighted by Crippen LogP contribution is -2.30. The zero-order chi connectivity index (χ0) is 21.1. The third kappa shape index (κ3) is 4.51. The highest BCUT2D eigenvalue weighted by Gasteiger charge is 2.22. The van der Waals surface area contributed by atoms with Crippen LogP contribution in [0.1, 0.15) is 28.4 Å². The van der Waals surface area contributed by atoms with Crippen LogP contribution in [0, 0.1) is 6.92 Å². The summed E-state index contributed by atoms with van der Waals surface area (Å²) in [6.45, 7) is 4.50. The van der Waals surface area contributed by atoms with Crippen LogP contribution in [0.5, 0.6) is 0 Å². The van der Waals surface area contributed by atoms with Crippen molar-refractivity contribution in [3.8, 4) is 0 Å². The van der Waals surface area contributed by atoms with Crippen molar-refractivity contribution in [3.05, 3.63) is 82.6 Å². The van der Waals surface area contributed by atoms with E-state index in [-0.39, 0.29) is 5.91 Å². The number of thioether (sulfide) groups is 1. The van der Waals surface area contributed by atoms with E-state index in [9.17, 15) is 4.79 Å². The van der Waals surface area contributed by atoms with Crippen LogP contribution in [-0.2, 0) is 6.54 Å². The number of benzene rings is 2. The molecule has 0 aliphatic carbocycles. The summed E-state index contributed by atoms with van der Waals surface area (Å²) in [5.41, 5.74) is 3.52. The van der Waals surface area contributed by atoms with Crippen LogP contribution in [0.2, 0.25) is 5.02 Å². The number of anilines is 1. The lowest BCUT2D eigenvalue weighted by molar-refractivity contribution is 0.0985. The fourth-order valence-corrected chi connectivity index (χ4v) is 5.33. The van der Waals surface area contributed by atoms with Crippen LogP contribution in [-0.4, -0.2) is 21.6 Å². The molecule has 1 amide bonds. The molecule has 0 aliphatic rings. The maximum Gasteiger partial charge on any atom is 0.260 e. The maximum absolute atomic E-state index is 13.6. The molecule has 0 unspecified atom stereocenters. The lowest BCUT2D eigenvalue weighted by atomic mass is 10.2. The first-order valence-corrected chi connectivity index (χ1v) is 11.7. The minimum absolute atomic E-state index is 0.0758. The normalized spacial score (nSPS) is 11.0. The van der Waals surface area contributed by atoms with Crippen LogP contribution in [0.4, 0.5) is 5.13 Å². The van der Waals surface area contributed by atoms with Crippen LogP contribution in [0.3, 0.4) is 0 Å². The predicted molar refractivity (Wildman–Crippen MR) is 127 cm³/mol. The quantitative estimate of drug-likeness (QED) is 0.308. The Balaban J connectivity index is 1.77. The average molecular weight is 454 g/mol. The van der Waals surface area contributed by atoms with Crippen molar-refractivity contribution < 1.29 is 4.79 Å². The number of hydrogen-bond donors (Lipinski definition) is 0. The van der Waals surface area contributed by atoms with E-state index in [4.69, 9.17) is 16.6 Å². The summed E-state index contributed by atoms with van der Waals surface area (Å²) in [5, 5.41) is 1.33. The molecule has 0 atom stereocenters. The topological polar surface area (TPSA) is 46.1 Å². The van der Waals surface area contributed by atoms with Gasteiger partial charge in [-0.25, -0.2) is 4.98 Å². The second-order valence-corrected chi connectivity index (χ2v) is 9.56. The van der Waals surface area contributed by atoms with E-state index in [0.717, 1.165) is 32.0 Å². The SMILES string of the molecule is CCSc1cccc(C(=O)N(Cc2ccncc2)c2nc3c(C)cc(Cl)cc3s2)c1. The van der Waals surface area contributed by atoms with Crippen molar-refractivity contribution in [2.45, 2.75) is 25.3 Å². The Labute approximate surface area is 188 Å². The van der Waals surface area contributed by atoms with Gasteiger partial charge in [-0.05, 0) is 66.3 Å². The van der Waals surface area contributed by atoms with Crippen molar-refractivity contribution in [1.29, 1.82) is 0 Å². The van der Waals surface area contributed by atoms with Crippen molar-refractivity contribution in [1.82, 2.24) is 9.97 Å². The van der Waals surface area contributed by atoms with Gasteiger partial charge in [0.25, 0.3) is 5.91 Å². The van der Waals surface area contributed by atoms with E-state index in [1.54, 1.807) is 29.1 Å². The van der Waals surface area contributed by atoms with Gasteiger partial charge in [-0.1, -0.05) is 35.9 Å². The molecule has 2 aromatic heterocycles. The molecule has 0 spiro atoms. The summed E-state index contributed by atoms with van der Waals surface area (Å²) in [7, 11) is 0. The van der Waals surface area contributed by atoms with Crippen molar-refractivity contribution in [3.63, 3.8) is 0 Å². The van der Waals surface area contributed by atoms with E-state index in [1.807, 2.05) is 55.5 Å². The Hall–Kier alpha value is -2.41. The Morgan fingerprint density at radius 1 is 1.17 bits per heavy atom. The van der Waals surface area contributed by atoms with E-state index in [1.165, 1.54) is 11.3 Å². The molecule has 0 bridgehead atoms. The zero-order valence-electron chi connectivity index (χ0n) is 16.6. The number of aryl methyl sites for hydroxylation is 1. The summed E-state index contributed by atoms with van der Waals surface area (Å²) in [4.78, 5) is 25.3. The van der Waals surface area contributed by atoms with Gasteiger partial charge in [0.1, 0.15) is 0 Å². The zero-order valence-corrected chi connectivity index (χ0v) is 19.0. The molecule has 30 heavy (non-hydrogen) atoms. The molecule has 0 fully saturated rings. The van der Waals surface area contributed by atoms with E-state index < -0.39 is 0 Å². The number of hydrogen-bond acceptors (Lipinski definition) is 5. The number of amides is 1. The second kappa shape index (κ2) is 9.16. The van der Waals surface area contributed by atoms with Crippen LogP contribution >= 0.6 is 34.7 Å². The van der Waals surface area contributed by atoms with Crippen LogP contribution in [0.25, 0.3) is 10.2 Å². The molecule has 7 heteroatoms. The van der Waals surface area contributed by atoms with Crippen molar-refractivity contribution in [2.75, 3.05) is 10.7 Å². The lowest BCUT2D eigenvalue weighted by Gasteiger charge is -2.20. The molecule has 0 radical (unpaired) electrons. The molecule has 152 valence electrons. The third-order valence-corrected chi connectivity index (χ3v) is 6.72. The average Bonchev–Trinajstić information content (AvgIpc) is 3.17. The molecule has 4 aromatic rings. The third-order valence-electron chi connectivity index (χ3n) is 4.60. The molecular formula is C23H20ClN3OS2. The smallest absolute Gasteiger partial charge is 0.260 e. The summed E-state index contributed by atoms with van der Waals surface area (Å²) >= 11 is 9.44. The number of aromatic nitrogens is 2. The van der Waals surface area contributed by atoms with Gasteiger partial charge in [0.2, 0.25) is 0 Å². The van der Waals surface area contributed by atoms with Gasteiger partial charge in [-0.3, -0.25) is 14.7 Å². The Morgan fingerprint density at radius 3 is 2.73 bits per heavy atom. The molecule has 0 aliphatic heterocycles. The maximum atomic E-state index is 13.6. The highest BCUT2D eigenvalue weighted by molar-refractivity contribution is 7.99. The molecule has 2 heterocycles. The number of rotatable bonds is 6. The van der Waals surface area contributed by atoms with Gasteiger partial charge in [0.15, 0.2) is 5.13 Å². The highest BCUT2D eigenvalue weighted by atomic mass is 35.5. The molecular weight excluding hydrogens is 434 g/mol. The fraction of sp³-hybridized carbons (Fsp3) is 0.174. The molecule has 0 saturated heterocycles. The number of fused-ring (bicyclic) bond motifs is 1. The van der Waals surface area contributed by atoms with Gasteiger partial charge in [-0.2, -0.15) is 0 Å². The first-order chi connectivity index (χ1) is 14.5. The van der Waals surface area contributed by atoms with Crippen molar-refractivity contribution in [2.24, 2.45) is 0 Å². The summed E-state index contributed by atoms with van der Waals surface area (Å²) in [6, 6.07) is 15.4. The number of carbonyl (C=O) groups excluding carboxylic acids is 1. The fourth-order valence-electron chi connectivity index (χ4n) is 3.20.